The summed E-state index contributed by atoms with van der Waals surface area (Å²) in [6, 6.07) is 5.56. The van der Waals surface area contributed by atoms with Crippen molar-refractivity contribution < 1.29 is 10.2 Å². The van der Waals surface area contributed by atoms with Gasteiger partial charge >= 0.3 is 0 Å². The summed E-state index contributed by atoms with van der Waals surface area (Å²) in [6.07, 6.45) is 8.22. The fraction of sp³-hybridized carbons (Fsp3) is 0.500. The normalized spacial score (nSPS) is 39.5. The first-order valence-electron chi connectivity index (χ1n) is 8.38. The molecule has 1 aromatic carbocycles. The molecule has 1 saturated carbocycles. The van der Waals surface area contributed by atoms with Gasteiger partial charge in [0.15, 0.2) is 0 Å². The van der Waals surface area contributed by atoms with Gasteiger partial charge in [-0.1, -0.05) is 31.7 Å². The Balaban J connectivity index is 1.74. The molecule has 0 amide bonds. The van der Waals surface area contributed by atoms with Gasteiger partial charge < -0.3 is 10.2 Å². The van der Waals surface area contributed by atoms with Crippen molar-refractivity contribution in [2.75, 3.05) is 0 Å². The number of aliphatic hydroxyl groups excluding tert-OH is 1. The molecule has 1 unspecified atom stereocenters. The quantitative estimate of drug-likeness (QED) is 0.803. The van der Waals surface area contributed by atoms with Crippen LogP contribution in [0.4, 0.5) is 0 Å². The summed E-state index contributed by atoms with van der Waals surface area (Å²) < 4.78 is 0. The SMILES string of the molecule is C=CC1=CC[C@H]2[C@@H]3CC(O)c4cc(O)ccc4[C@H]3CC[C@]12C. The number of allylic oxidation sites excluding steroid dienone is 3. The van der Waals surface area contributed by atoms with Crippen LogP contribution in [0.15, 0.2) is 42.5 Å². The van der Waals surface area contributed by atoms with Gasteiger partial charge in [0.1, 0.15) is 5.75 Å². The molecule has 1 fully saturated rings. The molecule has 0 aliphatic heterocycles. The second-order valence-corrected chi connectivity index (χ2v) is 7.50. The van der Waals surface area contributed by atoms with Crippen LogP contribution in [0.5, 0.6) is 5.75 Å². The van der Waals surface area contributed by atoms with E-state index in [1.807, 2.05) is 12.1 Å². The average molecular weight is 296 g/mol. The fourth-order valence-electron chi connectivity index (χ4n) is 5.49. The van der Waals surface area contributed by atoms with Crippen LogP contribution < -0.4 is 0 Å². The first kappa shape index (κ1) is 14.1. The Morgan fingerprint density at radius 1 is 1.32 bits per heavy atom. The van der Waals surface area contributed by atoms with E-state index >= 15 is 0 Å². The van der Waals surface area contributed by atoms with Crippen LogP contribution in [0.3, 0.4) is 0 Å². The van der Waals surface area contributed by atoms with Crippen LogP contribution in [0, 0.1) is 17.3 Å². The minimum absolute atomic E-state index is 0.233. The molecule has 2 nitrogen and oxygen atoms in total. The lowest BCUT2D eigenvalue weighted by Crippen LogP contribution is -2.41. The van der Waals surface area contributed by atoms with Crippen molar-refractivity contribution in [2.45, 2.75) is 44.6 Å². The molecule has 0 saturated heterocycles. The van der Waals surface area contributed by atoms with E-state index in [9.17, 15) is 10.2 Å². The first-order valence-corrected chi connectivity index (χ1v) is 8.38. The molecule has 3 aliphatic rings. The number of aliphatic hydroxyl groups is 1. The zero-order valence-corrected chi connectivity index (χ0v) is 13.1. The molecule has 0 heterocycles. The molecule has 1 aromatic rings. The minimum Gasteiger partial charge on any atom is -0.508 e. The second-order valence-electron chi connectivity index (χ2n) is 7.50. The third-order valence-corrected chi connectivity index (χ3v) is 6.62. The summed E-state index contributed by atoms with van der Waals surface area (Å²) in [6.45, 7) is 6.38. The van der Waals surface area contributed by atoms with Gasteiger partial charge in [0.25, 0.3) is 0 Å². The third kappa shape index (κ3) is 1.77. The summed E-state index contributed by atoms with van der Waals surface area (Å²) in [5.74, 6) is 1.92. The minimum atomic E-state index is -0.446. The highest BCUT2D eigenvalue weighted by Gasteiger charge is 2.52. The molecule has 3 aliphatic carbocycles. The molecule has 22 heavy (non-hydrogen) atoms. The van der Waals surface area contributed by atoms with Crippen LogP contribution in [-0.4, -0.2) is 10.2 Å². The summed E-state index contributed by atoms with van der Waals surface area (Å²) in [5, 5.41) is 20.3. The number of hydrogen-bond donors (Lipinski definition) is 2. The van der Waals surface area contributed by atoms with E-state index in [0.717, 1.165) is 24.8 Å². The van der Waals surface area contributed by atoms with Crippen molar-refractivity contribution in [2.24, 2.45) is 17.3 Å². The van der Waals surface area contributed by atoms with Gasteiger partial charge in [0.05, 0.1) is 6.10 Å². The van der Waals surface area contributed by atoms with Crippen LogP contribution in [0.1, 0.15) is 55.8 Å². The largest absolute Gasteiger partial charge is 0.508 e. The van der Waals surface area contributed by atoms with Gasteiger partial charge in [-0.2, -0.15) is 0 Å². The van der Waals surface area contributed by atoms with Crippen molar-refractivity contribution in [3.05, 3.63) is 53.6 Å². The third-order valence-electron chi connectivity index (χ3n) is 6.62. The number of hydrogen-bond acceptors (Lipinski definition) is 2. The van der Waals surface area contributed by atoms with E-state index in [-0.39, 0.29) is 11.2 Å². The first-order chi connectivity index (χ1) is 10.5. The van der Waals surface area contributed by atoms with Crippen molar-refractivity contribution >= 4 is 0 Å². The number of phenolic OH excluding ortho intramolecular Hbond substituents is 1. The van der Waals surface area contributed by atoms with Crippen molar-refractivity contribution in [3.8, 4) is 5.75 Å². The lowest BCUT2D eigenvalue weighted by molar-refractivity contribution is 0.0282. The summed E-state index contributed by atoms with van der Waals surface area (Å²) in [4.78, 5) is 0. The van der Waals surface area contributed by atoms with E-state index in [2.05, 4.69) is 19.6 Å². The Bertz CT molecular complexity index is 660. The summed E-state index contributed by atoms with van der Waals surface area (Å²) >= 11 is 0. The maximum atomic E-state index is 10.6. The predicted octanol–water partition coefficient (Wildman–Crippen LogP) is 4.46. The van der Waals surface area contributed by atoms with Crippen molar-refractivity contribution in [1.82, 2.24) is 0 Å². The second kappa shape index (κ2) is 4.73. The number of rotatable bonds is 1. The molecular weight excluding hydrogens is 272 g/mol. The molecule has 0 bridgehead atoms. The Hall–Kier alpha value is -1.54. The standard InChI is InChI=1S/C20H24O2/c1-3-12-4-7-18-16-11-19(22)17-10-13(21)5-6-14(17)15(16)8-9-20(12,18)2/h3-6,10,15-16,18-19,21-22H,1,7-9,11H2,2H3/t15-,16-,18+,19?,20-/m1/s1. The van der Waals surface area contributed by atoms with Gasteiger partial charge in [-0.25, -0.2) is 0 Å². The van der Waals surface area contributed by atoms with E-state index in [4.69, 9.17) is 0 Å². The molecule has 5 atom stereocenters. The van der Waals surface area contributed by atoms with Crippen molar-refractivity contribution in [1.29, 1.82) is 0 Å². The van der Waals surface area contributed by atoms with Crippen LogP contribution in [0.25, 0.3) is 0 Å². The fourth-order valence-corrected chi connectivity index (χ4v) is 5.49. The Morgan fingerprint density at radius 2 is 2.14 bits per heavy atom. The topological polar surface area (TPSA) is 40.5 Å². The number of aromatic hydroxyl groups is 1. The summed E-state index contributed by atoms with van der Waals surface area (Å²) in [5.41, 5.74) is 3.84. The number of benzene rings is 1. The highest BCUT2D eigenvalue weighted by atomic mass is 16.3. The Kier molecular flexibility index (Phi) is 3.02. The lowest BCUT2D eigenvalue weighted by atomic mass is 9.54. The van der Waals surface area contributed by atoms with E-state index in [1.54, 1.807) is 12.1 Å². The molecule has 2 N–H and O–H groups in total. The number of phenols is 1. The molecule has 116 valence electrons. The molecule has 2 heteroatoms. The maximum absolute atomic E-state index is 10.6. The predicted molar refractivity (Wildman–Crippen MR) is 87.6 cm³/mol. The van der Waals surface area contributed by atoms with E-state index < -0.39 is 6.10 Å². The van der Waals surface area contributed by atoms with Crippen LogP contribution in [0.2, 0.25) is 0 Å². The van der Waals surface area contributed by atoms with E-state index in [0.29, 0.717) is 17.8 Å². The molecule has 0 spiro atoms. The highest BCUT2D eigenvalue weighted by molar-refractivity contribution is 5.43. The zero-order chi connectivity index (χ0) is 15.5. The Morgan fingerprint density at radius 3 is 2.91 bits per heavy atom. The highest BCUT2D eigenvalue weighted by Crippen LogP contribution is 2.62. The van der Waals surface area contributed by atoms with Crippen molar-refractivity contribution in [3.63, 3.8) is 0 Å². The lowest BCUT2D eigenvalue weighted by Gasteiger charge is -2.51. The van der Waals surface area contributed by atoms with Gasteiger partial charge in [-0.15, -0.1) is 0 Å². The van der Waals surface area contributed by atoms with Crippen LogP contribution in [-0.2, 0) is 0 Å². The zero-order valence-electron chi connectivity index (χ0n) is 13.1. The van der Waals surface area contributed by atoms with Gasteiger partial charge in [0, 0.05) is 0 Å². The molecule has 0 aromatic heterocycles. The van der Waals surface area contributed by atoms with Gasteiger partial charge in [0.2, 0.25) is 0 Å². The molecule has 0 radical (unpaired) electrons. The number of fused-ring (bicyclic) bond motifs is 5. The average Bonchev–Trinajstić information content (AvgIpc) is 2.84. The van der Waals surface area contributed by atoms with Gasteiger partial charge in [-0.05, 0) is 77.7 Å². The smallest absolute Gasteiger partial charge is 0.115 e. The molecular formula is C20H24O2. The molecule has 4 rings (SSSR count). The van der Waals surface area contributed by atoms with E-state index in [1.165, 1.54) is 17.6 Å². The Labute approximate surface area is 132 Å². The van der Waals surface area contributed by atoms with Crippen LogP contribution >= 0.6 is 0 Å². The summed E-state index contributed by atoms with van der Waals surface area (Å²) in [7, 11) is 0. The van der Waals surface area contributed by atoms with Gasteiger partial charge in [-0.3, -0.25) is 0 Å². The maximum Gasteiger partial charge on any atom is 0.115 e. The monoisotopic (exact) mass is 296 g/mol.